The minimum absolute atomic E-state index is 0.120. The van der Waals surface area contributed by atoms with Gasteiger partial charge < -0.3 is 20.1 Å². The largest absolute Gasteiger partial charge is 0.364 e. The van der Waals surface area contributed by atoms with E-state index in [2.05, 4.69) is 20.7 Å². The summed E-state index contributed by atoms with van der Waals surface area (Å²) in [4.78, 5) is 18.0. The summed E-state index contributed by atoms with van der Waals surface area (Å²) in [6.45, 7) is 6.44. The third-order valence-corrected chi connectivity index (χ3v) is 6.56. The van der Waals surface area contributed by atoms with Crippen LogP contribution in [0.5, 0.6) is 0 Å². The molecule has 1 fully saturated rings. The van der Waals surface area contributed by atoms with E-state index in [9.17, 15) is 13.2 Å². The fourth-order valence-electron chi connectivity index (χ4n) is 3.31. The molecule has 1 saturated heterocycles. The second kappa shape index (κ2) is 10.4. The first-order valence-corrected chi connectivity index (χ1v) is 11.7. The molecule has 0 aliphatic carbocycles. The van der Waals surface area contributed by atoms with E-state index in [1.165, 1.54) is 17.5 Å². The molecule has 0 radical (unpaired) electrons. The Labute approximate surface area is 182 Å². The molecule has 2 heterocycles. The molecule has 168 valence electrons. The van der Waals surface area contributed by atoms with E-state index in [1.54, 1.807) is 6.07 Å². The van der Waals surface area contributed by atoms with Crippen molar-refractivity contribution in [1.82, 2.24) is 19.7 Å². The topological polar surface area (TPSA) is 120 Å². The predicted octanol–water partition coefficient (Wildman–Crippen LogP) is 1.25. The minimum atomic E-state index is -3.45. The molecule has 1 amide bonds. The molecule has 31 heavy (non-hydrogen) atoms. The standard InChI is InChI=1S/C20H28N6O4S/c1-3-21-20(22-14-17-5-4-6-18(13-17)23-16(2)27)25-8-10-26(11-9-25)31(28,29)15-19-7-12-30-24-19/h4-7,12-13H,3,8-11,14-15H2,1-2H3,(H,21,22)(H,23,27). The van der Waals surface area contributed by atoms with E-state index in [0.717, 1.165) is 17.2 Å². The van der Waals surface area contributed by atoms with Crippen molar-refractivity contribution < 1.29 is 17.7 Å². The quantitative estimate of drug-likeness (QED) is 0.483. The zero-order valence-electron chi connectivity index (χ0n) is 17.7. The Hall–Kier alpha value is -2.92. The fraction of sp³-hybridized carbons (Fsp3) is 0.450. The Bertz CT molecular complexity index is 998. The number of amides is 1. The van der Waals surface area contributed by atoms with E-state index in [0.29, 0.717) is 45.0 Å². The highest BCUT2D eigenvalue weighted by molar-refractivity contribution is 7.88. The smallest absolute Gasteiger partial charge is 0.221 e. The van der Waals surface area contributed by atoms with Crippen LogP contribution in [0.3, 0.4) is 0 Å². The molecule has 10 nitrogen and oxygen atoms in total. The number of carbonyl (C=O) groups is 1. The predicted molar refractivity (Wildman–Crippen MR) is 118 cm³/mol. The van der Waals surface area contributed by atoms with Crippen LogP contribution in [-0.2, 0) is 27.1 Å². The Morgan fingerprint density at radius 3 is 2.65 bits per heavy atom. The van der Waals surface area contributed by atoms with Crippen molar-refractivity contribution in [3.8, 4) is 0 Å². The van der Waals surface area contributed by atoms with Crippen molar-refractivity contribution in [3.05, 3.63) is 47.9 Å². The molecule has 1 aromatic carbocycles. The van der Waals surface area contributed by atoms with Crippen LogP contribution in [0.2, 0.25) is 0 Å². The van der Waals surface area contributed by atoms with Gasteiger partial charge in [0.05, 0.1) is 12.2 Å². The summed E-state index contributed by atoms with van der Waals surface area (Å²) < 4.78 is 31.5. The first kappa shape index (κ1) is 22.8. The van der Waals surface area contributed by atoms with Crippen LogP contribution < -0.4 is 10.6 Å². The minimum Gasteiger partial charge on any atom is -0.364 e. The number of guanidine groups is 1. The fourth-order valence-corrected chi connectivity index (χ4v) is 4.74. The van der Waals surface area contributed by atoms with Crippen molar-refractivity contribution >= 4 is 27.6 Å². The highest BCUT2D eigenvalue weighted by Gasteiger charge is 2.29. The van der Waals surface area contributed by atoms with Crippen LogP contribution in [0.15, 0.2) is 46.1 Å². The van der Waals surface area contributed by atoms with Crippen molar-refractivity contribution in [3.63, 3.8) is 0 Å². The van der Waals surface area contributed by atoms with Crippen LogP contribution in [0, 0.1) is 0 Å². The molecule has 2 N–H and O–H groups in total. The number of nitrogens with one attached hydrogen (secondary N) is 2. The highest BCUT2D eigenvalue weighted by atomic mass is 32.2. The molecule has 1 aliphatic heterocycles. The highest BCUT2D eigenvalue weighted by Crippen LogP contribution is 2.14. The number of rotatable bonds is 7. The maximum atomic E-state index is 12.6. The monoisotopic (exact) mass is 448 g/mol. The summed E-state index contributed by atoms with van der Waals surface area (Å²) >= 11 is 0. The number of piperazine rings is 1. The summed E-state index contributed by atoms with van der Waals surface area (Å²) in [6.07, 6.45) is 1.37. The van der Waals surface area contributed by atoms with Gasteiger partial charge in [-0.3, -0.25) is 4.79 Å². The maximum absolute atomic E-state index is 12.6. The van der Waals surface area contributed by atoms with Crippen LogP contribution in [0.25, 0.3) is 0 Å². The van der Waals surface area contributed by atoms with Gasteiger partial charge in [0, 0.05) is 51.4 Å². The van der Waals surface area contributed by atoms with Crippen molar-refractivity contribution in [1.29, 1.82) is 0 Å². The number of anilines is 1. The lowest BCUT2D eigenvalue weighted by Gasteiger charge is -2.35. The molecule has 0 bridgehead atoms. The van der Waals surface area contributed by atoms with Crippen LogP contribution in [0.4, 0.5) is 5.69 Å². The maximum Gasteiger partial charge on any atom is 0.221 e. The molecular formula is C20H28N6O4S. The van der Waals surface area contributed by atoms with Gasteiger partial charge in [-0.2, -0.15) is 4.31 Å². The van der Waals surface area contributed by atoms with Gasteiger partial charge in [0.25, 0.3) is 0 Å². The van der Waals surface area contributed by atoms with Crippen LogP contribution >= 0.6 is 0 Å². The van der Waals surface area contributed by atoms with E-state index >= 15 is 0 Å². The molecule has 0 unspecified atom stereocenters. The van der Waals surface area contributed by atoms with E-state index in [-0.39, 0.29) is 11.7 Å². The van der Waals surface area contributed by atoms with Gasteiger partial charge in [-0.25, -0.2) is 13.4 Å². The lowest BCUT2D eigenvalue weighted by Crippen LogP contribution is -2.53. The number of benzene rings is 1. The first-order valence-electron chi connectivity index (χ1n) is 10.1. The third-order valence-electron chi connectivity index (χ3n) is 4.75. The average molecular weight is 449 g/mol. The van der Waals surface area contributed by atoms with E-state index in [4.69, 9.17) is 9.52 Å². The normalized spacial score (nSPS) is 15.7. The van der Waals surface area contributed by atoms with E-state index < -0.39 is 10.0 Å². The molecule has 0 atom stereocenters. The van der Waals surface area contributed by atoms with Gasteiger partial charge in [-0.05, 0) is 24.6 Å². The van der Waals surface area contributed by atoms with Crippen LogP contribution in [0.1, 0.15) is 25.1 Å². The Balaban J connectivity index is 1.61. The number of hydrogen-bond acceptors (Lipinski definition) is 6. The van der Waals surface area contributed by atoms with Gasteiger partial charge in [0.2, 0.25) is 15.9 Å². The summed E-state index contributed by atoms with van der Waals surface area (Å²) in [5, 5.41) is 9.74. The van der Waals surface area contributed by atoms with Gasteiger partial charge >= 0.3 is 0 Å². The SMILES string of the molecule is CCNC(=NCc1cccc(NC(C)=O)c1)N1CCN(S(=O)(=O)Cc2ccon2)CC1. The second-order valence-electron chi connectivity index (χ2n) is 7.18. The molecule has 2 aromatic rings. The molecule has 1 aliphatic rings. The number of nitrogens with zero attached hydrogens (tertiary/aromatic N) is 4. The zero-order valence-corrected chi connectivity index (χ0v) is 18.6. The number of carbonyl (C=O) groups excluding carboxylic acids is 1. The third kappa shape index (κ3) is 6.53. The number of hydrogen-bond donors (Lipinski definition) is 2. The molecule has 3 rings (SSSR count). The Morgan fingerprint density at radius 1 is 1.23 bits per heavy atom. The van der Waals surface area contributed by atoms with Gasteiger partial charge in [-0.1, -0.05) is 17.3 Å². The number of aromatic nitrogens is 1. The zero-order chi connectivity index (χ0) is 22.3. The Morgan fingerprint density at radius 2 is 2.00 bits per heavy atom. The molecule has 11 heteroatoms. The van der Waals surface area contributed by atoms with Crippen molar-refractivity contribution in [2.24, 2.45) is 4.99 Å². The van der Waals surface area contributed by atoms with Gasteiger partial charge in [-0.15, -0.1) is 0 Å². The van der Waals surface area contributed by atoms with E-state index in [1.807, 2.05) is 31.2 Å². The molecule has 0 saturated carbocycles. The van der Waals surface area contributed by atoms with Crippen molar-refractivity contribution in [2.45, 2.75) is 26.1 Å². The molecular weight excluding hydrogens is 420 g/mol. The van der Waals surface area contributed by atoms with Crippen molar-refractivity contribution in [2.75, 3.05) is 38.0 Å². The second-order valence-corrected chi connectivity index (χ2v) is 9.15. The number of sulfonamides is 1. The average Bonchev–Trinajstić information content (AvgIpc) is 3.23. The molecule has 0 spiro atoms. The summed E-state index contributed by atoms with van der Waals surface area (Å²) in [6, 6.07) is 9.11. The lowest BCUT2D eigenvalue weighted by molar-refractivity contribution is -0.114. The first-order chi connectivity index (χ1) is 14.9. The molecule has 1 aromatic heterocycles. The van der Waals surface area contributed by atoms with Gasteiger partial charge in [0.1, 0.15) is 12.0 Å². The lowest BCUT2D eigenvalue weighted by atomic mass is 10.2. The summed E-state index contributed by atoms with van der Waals surface area (Å²) in [5.41, 5.74) is 2.10. The van der Waals surface area contributed by atoms with Crippen LogP contribution in [-0.4, -0.2) is 67.4 Å². The van der Waals surface area contributed by atoms with Gasteiger partial charge in [0.15, 0.2) is 5.96 Å². The number of aliphatic imine (C=N–C) groups is 1. The summed E-state index contributed by atoms with van der Waals surface area (Å²) in [5.74, 6) is 0.453. The Kier molecular flexibility index (Phi) is 7.64. The summed E-state index contributed by atoms with van der Waals surface area (Å²) in [7, 11) is -3.45.